The number of carbonyl (C=O) groups is 4. The summed E-state index contributed by atoms with van der Waals surface area (Å²) in [6.45, 7) is 21.0. The van der Waals surface area contributed by atoms with E-state index >= 15 is 0 Å². The number of rotatable bonds is 27. The van der Waals surface area contributed by atoms with Crippen LogP contribution >= 0.6 is 52.1 Å². The number of ether oxygens (including phenoxy) is 4. The number of thiocarbonyl (C=S) groups is 2. The zero-order valence-corrected chi connectivity index (χ0v) is 43.5. The Morgan fingerprint density at radius 1 is 0.607 bits per heavy atom. The molecule has 0 saturated carbocycles. The first-order chi connectivity index (χ1) is 26.1. The van der Waals surface area contributed by atoms with Crippen molar-refractivity contribution in [1.29, 1.82) is 0 Å². The predicted molar refractivity (Wildman–Crippen MR) is 243 cm³/mol. The molecule has 56 heavy (non-hydrogen) atoms. The summed E-state index contributed by atoms with van der Waals surface area (Å²) >= 11 is 20.2. The summed E-state index contributed by atoms with van der Waals surface area (Å²) in [5, 5.41) is -0.491. The molecule has 0 bridgehead atoms. The van der Waals surface area contributed by atoms with Gasteiger partial charge in [-0.15, -0.1) is 0 Å². The summed E-state index contributed by atoms with van der Waals surface area (Å²) in [5.74, 6) is -1.93. The Morgan fingerprint density at radius 2 is 0.964 bits per heavy atom. The standard InChI is InChI=1S/C20H37NO4S2.C11H19BrO4.C9H19NS2.Na/c1-6-9-12-21(13-10-7-2)20(26)27-17(15-16(4)18(22)24-5)19(23)25-14-11-8-3;1-4-5-6-16-11(14)9(12)7-8(2)10(13)15-3;1-3-5-7-10(9(11)12)8-6-4-2;/h16-17H,6-15H2,1-5H3;8-9H,4-7H2,1-3H3;3-8H2,1-2H3,(H,11,12);/q;;;+1/p-1. The molecule has 4 unspecified atom stereocenters. The van der Waals surface area contributed by atoms with Crippen molar-refractivity contribution in [2.24, 2.45) is 11.8 Å². The van der Waals surface area contributed by atoms with Gasteiger partial charge in [-0.2, -0.15) is 0 Å². The number of halogens is 1. The summed E-state index contributed by atoms with van der Waals surface area (Å²) in [7, 11) is 2.70. The quantitative estimate of drug-likeness (QED) is 0.0163. The van der Waals surface area contributed by atoms with Crippen LogP contribution in [0.25, 0.3) is 0 Å². The Balaban J connectivity index is -0.000000396. The largest absolute Gasteiger partial charge is 1.00 e. The molecular weight excluding hydrogens is 868 g/mol. The maximum absolute atomic E-state index is 12.6. The van der Waals surface area contributed by atoms with E-state index in [1.54, 1.807) is 13.8 Å². The average Bonchev–Trinajstić information content (AvgIpc) is 3.17. The molecule has 0 rings (SSSR count). The second kappa shape index (κ2) is 42.8. The molecular formula is C40H74BrN2NaO8S4. The molecule has 324 valence electrons. The van der Waals surface area contributed by atoms with Crippen LogP contribution in [-0.2, 0) is 50.8 Å². The van der Waals surface area contributed by atoms with Gasteiger partial charge in [-0.3, -0.25) is 19.2 Å². The van der Waals surface area contributed by atoms with E-state index < -0.39 is 10.1 Å². The molecule has 0 radical (unpaired) electrons. The van der Waals surface area contributed by atoms with Crippen molar-refractivity contribution in [3.63, 3.8) is 0 Å². The van der Waals surface area contributed by atoms with Gasteiger partial charge in [0.15, 0.2) is 0 Å². The number of nitrogens with zero attached hydrogens (tertiary/aromatic N) is 2. The molecule has 0 spiro atoms. The molecule has 0 heterocycles. The molecule has 4 atom stereocenters. The first kappa shape index (κ1) is 62.4. The van der Waals surface area contributed by atoms with Crippen molar-refractivity contribution in [2.45, 2.75) is 155 Å². The van der Waals surface area contributed by atoms with Crippen molar-refractivity contribution in [2.75, 3.05) is 53.6 Å². The van der Waals surface area contributed by atoms with Crippen LogP contribution in [0.2, 0.25) is 0 Å². The molecule has 0 aromatic heterocycles. The van der Waals surface area contributed by atoms with Crippen LogP contribution in [0.5, 0.6) is 0 Å². The van der Waals surface area contributed by atoms with Crippen LogP contribution in [0.1, 0.15) is 145 Å². The first-order valence-corrected chi connectivity index (χ1v) is 23.2. The Labute approximate surface area is 392 Å². The SMILES string of the molecule is CCCCN(CCCC)C(=S)[S-].CCCCOC(=O)C(Br)CC(C)C(=O)OC.CCCCOC(=O)C(CC(C)C(=O)OC)SC(=S)N(CCCC)CCCC.[Na+]. The summed E-state index contributed by atoms with van der Waals surface area (Å²) in [5.41, 5.74) is 0. The fourth-order valence-corrected chi connectivity index (χ4v) is 7.23. The number of thioether (sulfide) groups is 1. The third-order valence-electron chi connectivity index (χ3n) is 8.22. The fraction of sp³-hybridized carbons (Fsp3) is 0.850. The molecule has 0 fully saturated rings. The molecule has 0 aromatic rings. The van der Waals surface area contributed by atoms with Crippen molar-refractivity contribution < 1.29 is 67.7 Å². The zero-order valence-electron chi connectivity index (χ0n) is 36.6. The molecule has 16 heteroatoms. The molecule has 0 aliphatic heterocycles. The van der Waals surface area contributed by atoms with Crippen molar-refractivity contribution >= 4 is 97.3 Å². The monoisotopic (exact) mass is 940 g/mol. The van der Waals surface area contributed by atoms with Crippen LogP contribution in [-0.4, -0.2) is 106 Å². The van der Waals surface area contributed by atoms with Crippen molar-refractivity contribution in [3.8, 4) is 0 Å². The van der Waals surface area contributed by atoms with Gasteiger partial charge in [-0.05, 0) is 51.4 Å². The summed E-state index contributed by atoms with van der Waals surface area (Å²) in [6.07, 6.45) is 13.5. The smallest absolute Gasteiger partial charge is 0.469 e. The van der Waals surface area contributed by atoms with Crippen LogP contribution in [0, 0.1) is 11.8 Å². The number of unbranched alkanes of at least 4 members (excludes halogenated alkanes) is 6. The number of carbonyl (C=O) groups excluding carboxylic acids is 4. The van der Waals surface area contributed by atoms with Gasteiger partial charge in [-0.1, -0.05) is 138 Å². The third-order valence-corrected chi connectivity index (χ3v) is 11.2. The van der Waals surface area contributed by atoms with Gasteiger partial charge in [0.25, 0.3) is 0 Å². The second-order valence-electron chi connectivity index (χ2n) is 13.4. The Morgan fingerprint density at radius 3 is 1.32 bits per heavy atom. The number of methoxy groups -OCH3 is 2. The van der Waals surface area contributed by atoms with E-state index in [0.29, 0.717) is 34.7 Å². The minimum Gasteiger partial charge on any atom is -0.469 e. The number of hydrogen-bond acceptors (Lipinski definition) is 12. The van der Waals surface area contributed by atoms with Crippen molar-refractivity contribution in [1.82, 2.24) is 9.80 Å². The molecule has 10 nitrogen and oxygen atoms in total. The van der Waals surface area contributed by atoms with Gasteiger partial charge in [-0.25, -0.2) is 0 Å². The van der Waals surface area contributed by atoms with E-state index in [2.05, 4.69) is 58.2 Å². The van der Waals surface area contributed by atoms with E-state index in [1.165, 1.54) is 51.7 Å². The van der Waals surface area contributed by atoms with Gasteiger partial charge in [0.2, 0.25) is 0 Å². The molecule has 0 amide bonds. The summed E-state index contributed by atoms with van der Waals surface area (Å²) in [4.78, 5) is 50.8. The minimum absolute atomic E-state index is 0. The van der Waals surface area contributed by atoms with E-state index in [4.69, 9.17) is 51.3 Å². The van der Waals surface area contributed by atoms with E-state index in [9.17, 15) is 19.2 Å². The maximum Gasteiger partial charge on any atom is 1.00 e. The first-order valence-electron chi connectivity index (χ1n) is 20.2. The van der Waals surface area contributed by atoms with E-state index in [0.717, 1.165) is 77.5 Å². The van der Waals surface area contributed by atoms with Gasteiger partial charge < -0.3 is 53.6 Å². The van der Waals surface area contributed by atoms with Crippen LogP contribution in [0.15, 0.2) is 0 Å². The second-order valence-corrected chi connectivity index (χ2v) is 17.3. The predicted octanol–water partition coefficient (Wildman–Crippen LogP) is 6.83. The van der Waals surface area contributed by atoms with E-state index in [-0.39, 0.29) is 65.3 Å². The average molecular weight is 942 g/mol. The van der Waals surface area contributed by atoms with E-state index in [1.807, 2.05) is 13.8 Å². The van der Waals surface area contributed by atoms with Gasteiger partial charge in [0.05, 0.1) is 39.3 Å². The van der Waals surface area contributed by atoms with Gasteiger partial charge in [0, 0.05) is 26.2 Å². The maximum atomic E-state index is 12.6. The molecule has 0 aliphatic carbocycles. The molecule has 0 N–H and O–H groups in total. The molecule has 0 saturated heterocycles. The van der Waals surface area contributed by atoms with Crippen LogP contribution < -0.4 is 29.6 Å². The Kier molecular flexibility index (Phi) is 47.7. The summed E-state index contributed by atoms with van der Waals surface area (Å²) in [6, 6.07) is 0. The Bertz CT molecular complexity index is 1030. The molecule has 0 aliphatic rings. The van der Waals surface area contributed by atoms with Gasteiger partial charge >= 0.3 is 53.4 Å². The number of hydrogen-bond donors (Lipinski definition) is 0. The molecule has 0 aromatic carbocycles. The third kappa shape index (κ3) is 34.6. The van der Waals surface area contributed by atoms with Crippen LogP contribution in [0.3, 0.4) is 0 Å². The topological polar surface area (TPSA) is 112 Å². The minimum atomic E-state index is -0.491. The Hall–Kier alpha value is -0.290. The normalized spacial score (nSPS) is 12.3. The fourth-order valence-electron chi connectivity index (χ4n) is 4.51. The van der Waals surface area contributed by atoms with Gasteiger partial charge in [0.1, 0.15) is 14.4 Å². The number of alkyl halides is 1. The van der Waals surface area contributed by atoms with Crippen LogP contribution in [0.4, 0.5) is 0 Å². The summed E-state index contributed by atoms with van der Waals surface area (Å²) < 4.78 is 21.2. The zero-order chi connectivity index (χ0) is 42.6. The number of esters is 4. The van der Waals surface area contributed by atoms with Crippen molar-refractivity contribution in [3.05, 3.63) is 0 Å².